The van der Waals surface area contributed by atoms with Gasteiger partial charge in [0.15, 0.2) is 5.65 Å². The van der Waals surface area contributed by atoms with E-state index in [0.29, 0.717) is 30.0 Å². The molecule has 3 rings (SSSR count). The van der Waals surface area contributed by atoms with Crippen LogP contribution in [0, 0.1) is 13.8 Å². The summed E-state index contributed by atoms with van der Waals surface area (Å²) in [5.74, 6) is 0.0671. The normalized spacial score (nSPS) is 15.2. The molecule has 7 nitrogen and oxygen atoms in total. The molecule has 0 bridgehead atoms. The summed E-state index contributed by atoms with van der Waals surface area (Å²) in [6.07, 6.45) is 2.17. The van der Waals surface area contributed by atoms with Crippen LogP contribution in [0.2, 0.25) is 0 Å². The smallest absolute Gasteiger partial charge is 0.412 e. The minimum Gasteiger partial charge on any atom is -0.465 e. The van der Waals surface area contributed by atoms with Gasteiger partial charge in [-0.15, -0.1) is 0 Å². The Bertz CT molecular complexity index is 863. The number of rotatable bonds is 2. The number of aromatic nitrogens is 2. The number of imidazole rings is 1. The maximum absolute atomic E-state index is 12.2. The summed E-state index contributed by atoms with van der Waals surface area (Å²) in [6.45, 7) is 10.0. The maximum Gasteiger partial charge on any atom is 0.412 e. The molecule has 0 radical (unpaired) electrons. The molecule has 3 heterocycles. The average molecular weight is 344 g/mol. The molecule has 25 heavy (non-hydrogen) atoms. The number of aryl methyl sites for hydroxylation is 2. The van der Waals surface area contributed by atoms with E-state index in [1.54, 1.807) is 11.0 Å². The van der Waals surface area contributed by atoms with Crippen LogP contribution in [0.5, 0.6) is 0 Å². The lowest BCUT2D eigenvalue weighted by atomic mass is 10.1. The van der Waals surface area contributed by atoms with Crippen molar-refractivity contribution in [1.29, 1.82) is 0 Å². The lowest BCUT2D eigenvalue weighted by molar-refractivity contribution is -0.117. The molecule has 134 valence electrons. The predicted octanol–water partition coefficient (Wildman–Crippen LogP) is 3.36. The fraction of sp³-hybridized carbons (Fsp3) is 0.500. The summed E-state index contributed by atoms with van der Waals surface area (Å²) in [5.41, 5.74) is 2.92. The third-order valence-corrected chi connectivity index (χ3v) is 4.65. The number of carboxylic acid groups (broad SMARTS) is 1. The molecule has 2 aromatic heterocycles. The van der Waals surface area contributed by atoms with E-state index in [9.17, 15) is 14.7 Å². The quantitative estimate of drug-likeness (QED) is 0.906. The van der Waals surface area contributed by atoms with Gasteiger partial charge in [0.2, 0.25) is 5.91 Å². The zero-order valence-electron chi connectivity index (χ0n) is 15.3. The van der Waals surface area contributed by atoms with Gasteiger partial charge in [-0.1, -0.05) is 0 Å². The van der Waals surface area contributed by atoms with Crippen LogP contribution in [-0.2, 0) is 4.79 Å². The highest BCUT2D eigenvalue weighted by molar-refractivity contribution is 5.98. The molecule has 0 aromatic carbocycles. The molecule has 2 amide bonds. The fourth-order valence-corrected chi connectivity index (χ4v) is 3.32. The number of hydrogen-bond acceptors (Lipinski definition) is 3. The van der Waals surface area contributed by atoms with Crippen LogP contribution in [0.15, 0.2) is 12.3 Å². The number of nitrogens with zero attached hydrogens (tertiary/aromatic N) is 4. The second kappa shape index (κ2) is 5.75. The van der Waals surface area contributed by atoms with Crippen molar-refractivity contribution in [2.45, 2.75) is 53.0 Å². The summed E-state index contributed by atoms with van der Waals surface area (Å²) in [7, 11) is 0. The van der Waals surface area contributed by atoms with Crippen molar-refractivity contribution in [3.8, 4) is 0 Å². The van der Waals surface area contributed by atoms with Crippen molar-refractivity contribution >= 4 is 29.0 Å². The van der Waals surface area contributed by atoms with Crippen LogP contribution in [-0.4, -0.2) is 38.6 Å². The van der Waals surface area contributed by atoms with Gasteiger partial charge in [-0.3, -0.25) is 9.69 Å². The van der Waals surface area contributed by atoms with Gasteiger partial charge in [0.1, 0.15) is 0 Å². The van der Waals surface area contributed by atoms with Gasteiger partial charge < -0.3 is 14.4 Å². The third-order valence-electron chi connectivity index (χ3n) is 4.65. The summed E-state index contributed by atoms with van der Waals surface area (Å²) in [4.78, 5) is 31.8. The second-order valence-electron chi connectivity index (χ2n) is 7.50. The second-order valence-corrected chi connectivity index (χ2v) is 7.50. The molecule has 0 unspecified atom stereocenters. The Labute approximate surface area is 146 Å². The summed E-state index contributed by atoms with van der Waals surface area (Å²) in [5, 5.41) is 9.81. The van der Waals surface area contributed by atoms with Crippen LogP contribution in [0.3, 0.4) is 0 Å². The topological polar surface area (TPSA) is 78.2 Å². The van der Waals surface area contributed by atoms with E-state index >= 15 is 0 Å². The first-order valence-electron chi connectivity index (χ1n) is 8.44. The zero-order valence-corrected chi connectivity index (χ0v) is 15.3. The molecule has 1 aliphatic heterocycles. The Hall–Kier alpha value is -2.57. The Balaban J connectivity index is 2.30. The summed E-state index contributed by atoms with van der Waals surface area (Å²) in [6, 6.07) is 1.77. The Morgan fingerprint density at radius 1 is 1.32 bits per heavy atom. The fourth-order valence-electron chi connectivity index (χ4n) is 3.32. The van der Waals surface area contributed by atoms with Gasteiger partial charge in [0.25, 0.3) is 0 Å². The van der Waals surface area contributed by atoms with E-state index in [1.807, 2.05) is 45.2 Å². The molecule has 1 N–H and O–H groups in total. The lowest BCUT2D eigenvalue weighted by Gasteiger charge is -2.34. The van der Waals surface area contributed by atoms with E-state index in [1.165, 1.54) is 4.90 Å². The van der Waals surface area contributed by atoms with Gasteiger partial charge in [0.05, 0.1) is 17.1 Å². The highest BCUT2D eigenvalue weighted by atomic mass is 16.4. The zero-order chi connectivity index (χ0) is 18.5. The number of anilines is 2. The number of amides is 2. The Kier molecular flexibility index (Phi) is 3.97. The molecule has 1 saturated heterocycles. The summed E-state index contributed by atoms with van der Waals surface area (Å²) < 4.78 is 1.88. The first-order valence-corrected chi connectivity index (χ1v) is 8.44. The van der Waals surface area contributed by atoms with Gasteiger partial charge in [-0.2, -0.15) is 0 Å². The van der Waals surface area contributed by atoms with Gasteiger partial charge in [-0.25, -0.2) is 9.78 Å². The highest BCUT2D eigenvalue weighted by Gasteiger charge is 2.32. The van der Waals surface area contributed by atoms with Gasteiger partial charge in [0, 0.05) is 30.4 Å². The van der Waals surface area contributed by atoms with E-state index < -0.39 is 11.6 Å². The van der Waals surface area contributed by atoms with Gasteiger partial charge >= 0.3 is 6.09 Å². The van der Waals surface area contributed by atoms with E-state index in [4.69, 9.17) is 0 Å². The van der Waals surface area contributed by atoms with Gasteiger partial charge in [-0.05, 0) is 47.1 Å². The van der Waals surface area contributed by atoms with Crippen LogP contribution >= 0.6 is 0 Å². The number of pyridine rings is 1. The van der Waals surface area contributed by atoms with Crippen molar-refractivity contribution in [1.82, 2.24) is 9.38 Å². The first kappa shape index (κ1) is 17.3. The first-order chi connectivity index (χ1) is 11.6. The van der Waals surface area contributed by atoms with E-state index in [0.717, 1.165) is 17.8 Å². The average Bonchev–Trinajstić information content (AvgIpc) is 3.03. The van der Waals surface area contributed by atoms with Crippen molar-refractivity contribution < 1.29 is 14.7 Å². The number of carbonyl (C=O) groups excluding carboxylic acids is 1. The standard InChI is InChI=1S/C18H24N4O3/c1-11-12(2)21-10-13(20-8-6-7-15(20)23)9-14(16(21)19-11)22(17(24)25)18(3,4)5/h9-10H,6-8H2,1-5H3,(H,24,25). The van der Waals surface area contributed by atoms with Crippen molar-refractivity contribution in [3.63, 3.8) is 0 Å². The number of fused-ring (bicyclic) bond motifs is 1. The van der Waals surface area contributed by atoms with Crippen LogP contribution in [0.1, 0.15) is 45.0 Å². The van der Waals surface area contributed by atoms with E-state index in [2.05, 4.69) is 4.98 Å². The molecular weight excluding hydrogens is 320 g/mol. The minimum absolute atomic E-state index is 0.0671. The molecule has 2 aromatic rings. The minimum atomic E-state index is -1.04. The SMILES string of the molecule is Cc1nc2c(N(C(=O)O)C(C)(C)C)cc(N3CCCC3=O)cn2c1C. The molecule has 0 spiro atoms. The number of hydrogen-bond donors (Lipinski definition) is 1. The van der Waals surface area contributed by atoms with Crippen LogP contribution in [0.25, 0.3) is 5.65 Å². The molecular formula is C18H24N4O3. The van der Waals surface area contributed by atoms with Crippen molar-refractivity contribution in [2.75, 3.05) is 16.3 Å². The molecule has 0 saturated carbocycles. The van der Waals surface area contributed by atoms with E-state index in [-0.39, 0.29) is 5.91 Å². The monoisotopic (exact) mass is 344 g/mol. The lowest BCUT2D eigenvalue weighted by Crippen LogP contribution is -2.45. The summed E-state index contributed by atoms with van der Waals surface area (Å²) >= 11 is 0. The maximum atomic E-state index is 12.2. The third kappa shape index (κ3) is 2.83. The molecule has 0 atom stereocenters. The molecule has 1 fully saturated rings. The molecule has 0 aliphatic carbocycles. The Morgan fingerprint density at radius 3 is 2.52 bits per heavy atom. The largest absolute Gasteiger partial charge is 0.465 e. The molecule has 1 aliphatic rings. The van der Waals surface area contributed by atoms with Crippen LogP contribution < -0.4 is 9.80 Å². The number of carbonyl (C=O) groups is 2. The predicted molar refractivity (Wildman–Crippen MR) is 96.5 cm³/mol. The molecule has 7 heteroatoms. The Morgan fingerprint density at radius 2 is 2.00 bits per heavy atom. The van der Waals surface area contributed by atoms with Crippen molar-refractivity contribution in [2.24, 2.45) is 0 Å². The highest BCUT2D eigenvalue weighted by Crippen LogP contribution is 2.34. The van der Waals surface area contributed by atoms with Crippen molar-refractivity contribution in [3.05, 3.63) is 23.7 Å². The van der Waals surface area contributed by atoms with Crippen LogP contribution in [0.4, 0.5) is 16.2 Å².